The van der Waals surface area contributed by atoms with Gasteiger partial charge in [0.05, 0.1) is 17.7 Å². The lowest BCUT2D eigenvalue weighted by atomic mass is 10.1. The molecule has 0 aliphatic carbocycles. The van der Waals surface area contributed by atoms with Gasteiger partial charge in [-0.2, -0.15) is 13.2 Å². The number of alkyl halides is 5. The molecule has 1 saturated heterocycles. The van der Waals surface area contributed by atoms with Crippen LogP contribution in [0.1, 0.15) is 40.1 Å². The Kier molecular flexibility index (Phi) is 7.63. The number of piperidine rings is 1. The van der Waals surface area contributed by atoms with E-state index >= 15 is 0 Å². The summed E-state index contributed by atoms with van der Waals surface area (Å²) in [6, 6.07) is 6.83. The molecule has 42 heavy (non-hydrogen) atoms. The normalized spacial score (nSPS) is 15.3. The van der Waals surface area contributed by atoms with Gasteiger partial charge in [0.15, 0.2) is 5.82 Å². The van der Waals surface area contributed by atoms with Crippen molar-refractivity contribution in [3.05, 3.63) is 77.4 Å². The Hall–Kier alpha value is -4.88. The average molecular weight is 587 g/mol. The summed E-state index contributed by atoms with van der Waals surface area (Å²) in [7, 11) is 0. The number of carbonyl (C=O) groups excluding carboxylic acids is 2. The third kappa shape index (κ3) is 6.53. The summed E-state index contributed by atoms with van der Waals surface area (Å²) in [6.07, 6.45) is 0.827. The van der Waals surface area contributed by atoms with Crippen LogP contribution >= 0.6 is 0 Å². The first-order valence-corrected chi connectivity index (χ1v) is 12.7. The van der Waals surface area contributed by atoms with Crippen molar-refractivity contribution in [2.75, 3.05) is 18.8 Å². The number of aromatic nitrogens is 3. The van der Waals surface area contributed by atoms with Gasteiger partial charge in [0.25, 0.3) is 11.8 Å². The summed E-state index contributed by atoms with van der Waals surface area (Å²) in [4.78, 5) is 38.1. The lowest BCUT2D eigenvalue weighted by Gasteiger charge is -2.31. The highest BCUT2D eigenvalue weighted by Crippen LogP contribution is 2.39. The first kappa shape index (κ1) is 28.6. The highest BCUT2D eigenvalue weighted by atomic mass is 19.4. The third-order valence-electron chi connectivity index (χ3n) is 6.59. The molecule has 0 radical (unpaired) electrons. The van der Waals surface area contributed by atoms with Gasteiger partial charge in [-0.1, -0.05) is 0 Å². The summed E-state index contributed by atoms with van der Waals surface area (Å²) >= 11 is 0. The van der Waals surface area contributed by atoms with Crippen molar-refractivity contribution in [2.45, 2.75) is 31.5 Å². The maximum atomic E-state index is 14.0. The lowest BCUT2D eigenvalue weighted by molar-refractivity contribution is -0.136. The highest BCUT2D eigenvalue weighted by molar-refractivity contribution is 5.94. The molecule has 1 fully saturated rings. The van der Waals surface area contributed by atoms with E-state index in [0.717, 1.165) is 18.5 Å². The Bertz CT molecular complexity index is 1640. The zero-order valence-electron chi connectivity index (χ0n) is 21.8. The molecular weight excluding hydrogens is 563 g/mol. The number of halogens is 5. The summed E-state index contributed by atoms with van der Waals surface area (Å²) < 4.78 is 74.2. The fourth-order valence-corrected chi connectivity index (χ4v) is 4.36. The van der Waals surface area contributed by atoms with Gasteiger partial charge in [-0.15, -0.1) is 0 Å². The SMILES string of the molecule is Nc1ccc(/C=C/C(=O)NCc2cc3cc(-c4ncc(C(=O)N5CCC(F)(F)CC5)cn4)cc(C(F)(F)F)c3o2)cn1. The Morgan fingerprint density at radius 3 is 2.40 bits per heavy atom. The van der Waals surface area contributed by atoms with E-state index in [2.05, 4.69) is 20.3 Å². The number of nitrogen functional groups attached to an aromatic ring is 1. The zero-order valence-corrected chi connectivity index (χ0v) is 21.8. The van der Waals surface area contributed by atoms with Crippen molar-refractivity contribution < 1.29 is 36.0 Å². The number of fused-ring (bicyclic) bond motifs is 1. The van der Waals surface area contributed by atoms with Crippen LogP contribution in [-0.2, 0) is 17.5 Å². The number of nitrogens with two attached hydrogens (primary N) is 1. The fourth-order valence-electron chi connectivity index (χ4n) is 4.36. The molecule has 0 saturated carbocycles. The summed E-state index contributed by atoms with van der Waals surface area (Å²) in [5, 5.41) is 2.65. The summed E-state index contributed by atoms with van der Waals surface area (Å²) in [5.74, 6) is -3.54. The monoisotopic (exact) mass is 586 g/mol. The first-order chi connectivity index (χ1) is 19.9. The number of hydrogen-bond acceptors (Lipinski definition) is 7. The minimum atomic E-state index is -4.78. The fraction of sp³-hybridized carbons (Fsp3) is 0.250. The Morgan fingerprint density at radius 2 is 1.76 bits per heavy atom. The van der Waals surface area contributed by atoms with Gasteiger partial charge in [0.2, 0.25) is 5.91 Å². The Morgan fingerprint density at radius 1 is 1.05 bits per heavy atom. The number of nitrogens with one attached hydrogen (secondary N) is 1. The molecule has 218 valence electrons. The van der Waals surface area contributed by atoms with E-state index in [-0.39, 0.29) is 47.7 Å². The van der Waals surface area contributed by atoms with Gasteiger partial charge < -0.3 is 20.4 Å². The van der Waals surface area contributed by atoms with Crippen molar-refractivity contribution in [3.63, 3.8) is 0 Å². The lowest BCUT2D eigenvalue weighted by Crippen LogP contribution is -2.42. The predicted octanol–water partition coefficient (Wildman–Crippen LogP) is 5.09. The molecule has 0 atom stereocenters. The van der Waals surface area contributed by atoms with Gasteiger partial charge in [0.1, 0.15) is 17.2 Å². The molecule has 5 rings (SSSR count). The van der Waals surface area contributed by atoms with E-state index in [9.17, 15) is 31.5 Å². The van der Waals surface area contributed by atoms with Gasteiger partial charge >= 0.3 is 6.18 Å². The maximum absolute atomic E-state index is 14.0. The van der Waals surface area contributed by atoms with Crippen molar-refractivity contribution in [2.24, 2.45) is 0 Å². The van der Waals surface area contributed by atoms with Crippen molar-refractivity contribution >= 4 is 34.7 Å². The zero-order chi connectivity index (χ0) is 30.1. The second-order valence-corrected chi connectivity index (χ2v) is 9.66. The number of benzene rings is 1. The largest absolute Gasteiger partial charge is 0.459 e. The number of anilines is 1. The smallest absolute Gasteiger partial charge is 0.420 e. The molecule has 3 aromatic heterocycles. The second kappa shape index (κ2) is 11.2. The van der Waals surface area contributed by atoms with E-state index in [1.807, 2.05) is 0 Å². The molecule has 1 aliphatic rings. The molecule has 4 aromatic rings. The maximum Gasteiger partial charge on any atom is 0.420 e. The molecule has 2 amide bonds. The van der Waals surface area contributed by atoms with Crippen LogP contribution in [-0.4, -0.2) is 50.7 Å². The molecule has 4 heterocycles. The van der Waals surface area contributed by atoms with Crippen LogP contribution in [0.25, 0.3) is 28.4 Å². The van der Waals surface area contributed by atoms with Crippen LogP contribution in [0.4, 0.5) is 27.8 Å². The van der Waals surface area contributed by atoms with Gasteiger partial charge in [0, 0.05) is 61.5 Å². The highest BCUT2D eigenvalue weighted by Gasteiger charge is 2.37. The van der Waals surface area contributed by atoms with Crippen molar-refractivity contribution in [3.8, 4) is 11.4 Å². The van der Waals surface area contributed by atoms with E-state index in [1.54, 1.807) is 12.1 Å². The topological polar surface area (TPSA) is 127 Å². The summed E-state index contributed by atoms with van der Waals surface area (Å²) in [6.45, 7) is -0.433. The van der Waals surface area contributed by atoms with E-state index in [1.165, 1.54) is 35.4 Å². The number of carbonyl (C=O) groups is 2. The molecule has 0 unspecified atom stereocenters. The molecule has 9 nitrogen and oxygen atoms in total. The summed E-state index contributed by atoms with van der Waals surface area (Å²) in [5.41, 5.74) is 4.70. The molecule has 1 aliphatic heterocycles. The van der Waals surface area contributed by atoms with Crippen LogP contribution in [0, 0.1) is 0 Å². The number of furan rings is 1. The van der Waals surface area contributed by atoms with E-state index in [4.69, 9.17) is 10.2 Å². The van der Waals surface area contributed by atoms with E-state index < -0.39 is 47.9 Å². The van der Waals surface area contributed by atoms with Crippen molar-refractivity contribution in [1.82, 2.24) is 25.2 Å². The number of pyridine rings is 1. The van der Waals surface area contributed by atoms with Gasteiger partial charge in [-0.05, 0) is 42.0 Å². The van der Waals surface area contributed by atoms with Gasteiger partial charge in [-0.25, -0.2) is 23.7 Å². The molecule has 0 spiro atoms. The minimum absolute atomic E-state index is 0.0165. The average Bonchev–Trinajstić information content (AvgIpc) is 3.37. The van der Waals surface area contributed by atoms with Crippen LogP contribution in [0.5, 0.6) is 0 Å². The molecule has 3 N–H and O–H groups in total. The number of amides is 2. The molecular formula is C28H23F5N6O3. The second-order valence-electron chi connectivity index (χ2n) is 9.66. The van der Waals surface area contributed by atoms with Crippen LogP contribution in [0.2, 0.25) is 0 Å². The quantitative estimate of drug-likeness (QED) is 0.238. The predicted molar refractivity (Wildman–Crippen MR) is 142 cm³/mol. The standard InChI is InChI=1S/C28H23F5N6O3/c29-27(30)5-7-39(8-6-27)26(41)19-13-37-25(38-14-19)18-9-17-10-20(42-24(17)21(11-18)28(31,32)33)15-36-23(40)4-2-16-1-3-22(34)35-12-16/h1-4,9-14H,5-8,15H2,(H2,34,35)(H,36,40)/b4-2+. The Balaban J connectivity index is 1.33. The molecule has 14 heteroatoms. The first-order valence-electron chi connectivity index (χ1n) is 12.7. The molecule has 0 bridgehead atoms. The Labute approximate surface area is 235 Å². The number of rotatable bonds is 6. The van der Waals surface area contributed by atoms with E-state index in [0.29, 0.717) is 11.4 Å². The van der Waals surface area contributed by atoms with Crippen molar-refractivity contribution in [1.29, 1.82) is 0 Å². The minimum Gasteiger partial charge on any atom is -0.459 e. The number of likely N-dealkylation sites (tertiary alicyclic amines) is 1. The number of nitrogens with zero attached hydrogens (tertiary/aromatic N) is 4. The van der Waals surface area contributed by atoms with Gasteiger partial charge in [-0.3, -0.25) is 9.59 Å². The number of hydrogen-bond donors (Lipinski definition) is 2. The van der Waals surface area contributed by atoms with Crippen LogP contribution < -0.4 is 11.1 Å². The van der Waals surface area contributed by atoms with Crippen LogP contribution in [0.3, 0.4) is 0 Å². The molecule has 1 aromatic carbocycles. The van der Waals surface area contributed by atoms with Crippen LogP contribution in [0.15, 0.2) is 59.4 Å². The third-order valence-corrected chi connectivity index (χ3v) is 6.59.